The Morgan fingerprint density at radius 2 is 1.95 bits per heavy atom. The van der Waals surface area contributed by atoms with Gasteiger partial charge < -0.3 is 5.11 Å². The summed E-state index contributed by atoms with van der Waals surface area (Å²) < 4.78 is 23.1. The summed E-state index contributed by atoms with van der Waals surface area (Å²) in [6.07, 6.45) is 1.36. The highest BCUT2D eigenvalue weighted by Gasteiger charge is 2.51. The van der Waals surface area contributed by atoms with Gasteiger partial charge in [0, 0.05) is 0 Å². The van der Waals surface area contributed by atoms with Crippen molar-refractivity contribution in [3.05, 3.63) is 35.9 Å². The van der Waals surface area contributed by atoms with E-state index in [9.17, 15) is 18.3 Å². The lowest BCUT2D eigenvalue weighted by Crippen LogP contribution is -2.27. The number of benzene rings is 1. The van der Waals surface area contributed by atoms with E-state index in [0.717, 1.165) is 6.42 Å². The Hall–Kier alpha value is -1.36. The van der Waals surface area contributed by atoms with E-state index < -0.39 is 21.7 Å². The maximum Gasteiger partial charge on any atom is 0.307 e. The molecule has 0 aromatic heterocycles. The van der Waals surface area contributed by atoms with Crippen LogP contribution in [0.3, 0.4) is 0 Å². The fourth-order valence-corrected chi connectivity index (χ4v) is 5.39. The van der Waals surface area contributed by atoms with Crippen LogP contribution in [-0.4, -0.2) is 31.0 Å². The van der Waals surface area contributed by atoms with Crippen LogP contribution in [0.4, 0.5) is 0 Å². The summed E-state index contributed by atoms with van der Waals surface area (Å²) in [5.74, 6) is -1.01. The zero-order valence-corrected chi connectivity index (χ0v) is 11.9. The smallest absolute Gasteiger partial charge is 0.307 e. The number of carboxylic acids is 1. The highest BCUT2D eigenvalue weighted by Crippen LogP contribution is 2.54. The molecule has 4 nitrogen and oxygen atoms in total. The van der Waals surface area contributed by atoms with Gasteiger partial charge in [-0.3, -0.25) is 4.79 Å². The number of rotatable bonds is 4. The zero-order valence-electron chi connectivity index (χ0n) is 11.1. The minimum absolute atomic E-state index is 0.0436. The summed E-state index contributed by atoms with van der Waals surface area (Å²) >= 11 is 0. The van der Waals surface area contributed by atoms with Gasteiger partial charge in [-0.15, -0.1) is 0 Å². The van der Waals surface area contributed by atoms with E-state index in [-0.39, 0.29) is 29.3 Å². The summed E-state index contributed by atoms with van der Waals surface area (Å²) in [7, 11) is -3.03. The molecule has 1 aliphatic heterocycles. The van der Waals surface area contributed by atoms with Crippen LogP contribution in [0.15, 0.2) is 30.3 Å². The van der Waals surface area contributed by atoms with E-state index in [0.29, 0.717) is 6.42 Å². The van der Waals surface area contributed by atoms with Crippen LogP contribution >= 0.6 is 0 Å². The van der Waals surface area contributed by atoms with Gasteiger partial charge in [0.05, 0.1) is 17.4 Å². The van der Waals surface area contributed by atoms with E-state index in [1.54, 1.807) is 0 Å². The standard InChI is InChI=1S/C15H18O4S/c16-15(17)14(11-6-7-20(18,19)9-11)13-8-12(13)10-4-2-1-3-5-10/h1-5,11-14H,6-9H2,(H,16,17). The molecule has 5 heteroatoms. The number of carbonyl (C=O) groups is 1. The van der Waals surface area contributed by atoms with Crippen molar-refractivity contribution in [1.82, 2.24) is 0 Å². The predicted molar refractivity (Wildman–Crippen MR) is 75.2 cm³/mol. The van der Waals surface area contributed by atoms with Crippen molar-refractivity contribution in [2.75, 3.05) is 11.5 Å². The normalized spacial score (nSPS) is 32.7. The third kappa shape index (κ3) is 2.59. The molecular formula is C15H18O4S. The zero-order chi connectivity index (χ0) is 14.3. The van der Waals surface area contributed by atoms with Gasteiger partial charge in [-0.1, -0.05) is 30.3 Å². The van der Waals surface area contributed by atoms with Crippen LogP contribution in [-0.2, 0) is 14.6 Å². The molecule has 0 radical (unpaired) electrons. The Morgan fingerprint density at radius 1 is 1.25 bits per heavy atom. The molecule has 1 saturated carbocycles. The fourth-order valence-electron chi connectivity index (χ4n) is 3.54. The second-order valence-corrected chi connectivity index (χ2v) is 8.17. The van der Waals surface area contributed by atoms with Crippen molar-refractivity contribution in [3.8, 4) is 0 Å². The summed E-state index contributed by atoms with van der Waals surface area (Å²) in [4.78, 5) is 11.6. The lowest BCUT2D eigenvalue weighted by Gasteiger charge is -2.18. The van der Waals surface area contributed by atoms with Crippen LogP contribution < -0.4 is 0 Å². The van der Waals surface area contributed by atoms with Crippen LogP contribution in [0.1, 0.15) is 24.3 Å². The first-order valence-electron chi connectivity index (χ1n) is 6.96. The second-order valence-electron chi connectivity index (χ2n) is 5.94. The molecule has 4 atom stereocenters. The molecule has 1 heterocycles. The first kappa shape index (κ1) is 13.6. The Balaban J connectivity index is 1.76. The third-order valence-corrected chi connectivity index (χ3v) is 6.38. The number of sulfone groups is 1. The van der Waals surface area contributed by atoms with Gasteiger partial charge in [0.25, 0.3) is 0 Å². The maximum absolute atomic E-state index is 11.6. The average Bonchev–Trinajstić information content (AvgIpc) is 3.08. The molecular weight excluding hydrogens is 276 g/mol. The van der Waals surface area contributed by atoms with E-state index in [4.69, 9.17) is 0 Å². The Bertz CT molecular complexity index is 608. The molecule has 1 aliphatic carbocycles. The molecule has 2 aliphatic rings. The van der Waals surface area contributed by atoms with Gasteiger partial charge >= 0.3 is 5.97 Å². The minimum atomic E-state index is -3.03. The lowest BCUT2D eigenvalue weighted by molar-refractivity contribution is -0.144. The molecule has 1 saturated heterocycles. The second kappa shape index (κ2) is 4.88. The van der Waals surface area contributed by atoms with Crippen LogP contribution in [0.5, 0.6) is 0 Å². The van der Waals surface area contributed by atoms with Crippen LogP contribution in [0.25, 0.3) is 0 Å². The summed E-state index contributed by atoms with van der Waals surface area (Å²) in [5, 5.41) is 9.48. The van der Waals surface area contributed by atoms with E-state index in [1.165, 1.54) is 5.56 Å². The molecule has 4 unspecified atom stereocenters. The molecule has 2 fully saturated rings. The summed E-state index contributed by atoms with van der Waals surface area (Å²) in [6, 6.07) is 9.91. The summed E-state index contributed by atoms with van der Waals surface area (Å²) in [5.41, 5.74) is 1.17. The van der Waals surface area contributed by atoms with E-state index in [2.05, 4.69) is 0 Å². The van der Waals surface area contributed by atoms with Gasteiger partial charge in [0.1, 0.15) is 0 Å². The Morgan fingerprint density at radius 3 is 2.50 bits per heavy atom. The first-order chi connectivity index (χ1) is 9.48. The van der Waals surface area contributed by atoms with Gasteiger partial charge in [-0.2, -0.15) is 0 Å². The van der Waals surface area contributed by atoms with Gasteiger partial charge in [-0.05, 0) is 36.2 Å². The van der Waals surface area contributed by atoms with Gasteiger partial charge in [0.15, 0.2) is 9.84 Å². The highest BCUT2D eigenvalue weighted by atomic mass is 32.2. The molecule has 3 rings (SSSR count). The molecule has 20 heavy (non-hydrogen) atoms. The average molecular weight is 294 g/mol. The van der Waals surface area contributed by atoms with Gasteiger partial charge in [0.2, 0.25) is 0 Å². The largest absolute Gasteiger partial charge is 0.481 e. The molecule has 1 aromatic carbocycles. The van der Waals surface area contributed by atoms with Crippen molar-refractivity contribution in [3.63, 3.8) is 0 Å². The monoisotopic (exact) mass is 294 g/mol. The summed E-state index contributed by atoms with van der Waals surface area (Å²) in [6.45, 7) is 0. The van der Waals surface area contributed by atoms with E-state index >= 15 is 0 Å². The van der Waals surface area contributed by atoms with Crippen LogP contribution in [0.2, 0.25) is 0 Å². The Labute approximate surface area is 118 Å². The number of aliphatic carboxylic acids is 1. The van der Waals surface area contributed by atoms with Crippen molar-refractivity contribution in [2.45, 2.75) is 18.8 Å². The van der Waals surface area contributed by atoms with Crippen molar-refractivity contribution < 1.29 is 18.3 Å². The van der Waals surface area contributed by atoms with Crippen molar-refractivity contribution in [1.29, 1.82) is 0 Å². The topological polar surface area (TPSA) is 71.4 Å². The molecule has 108 valence electrons. The fraction of sp³-hybridized carbons (Fsp3) is 0.533. The Kier molecular flexibility index (Phi) is 3.32. The molecule has 0 spiro atoms. The number of hydrogen-bond acceptors (Lipinski definition) is 3. The van der Waals surface area contributed by atoms with Gasteiger partial charge in [-0.25, -0.2) is 8.42 Å². The van der Waals surface area contributed by atoms with Crippen molar-refractivity contribution >= 4 is 15.8 Å². The highest BCUT2D eigenvalue weighted by molar-refractivity contribution is 7.91. The quantitative estimate of drug-likeness (QED) is 0.921. The molecule has 1 aromatic rings. The van der Waals surface area contributed by atoms with Crippen molar-refractivity contribution in [2.24, 2.45) is 17.8 Å². The number of hydrogen-bond donors (Lipinski definition) is 1. The van der Waals surface area contributed by atoms with E-state index in [1.807, 2.05) is 30.3 Å². The maximum atomic E-state index is 11.6. The predicted octanol–water partition coefficient (Wildman–Crippen LogP) is 1.93. The SMILES string of the molecule is O=C(O)C(C1CCS(=O)(=O)C1)C1CC1c1ccccc1. The minimum Gasteiger partial charge on any atom is -0.481 e. The molecule has 1 N–H and O–H groups in total. The lowest BCUT2D eigenvalue weighted by atomic mass is 9.86. The third-order valence-electron chi connectivity index (χ3n) is 4.59. The molecule has 0 bridgehead atoms. The van der Waals surface area contributed by atoms with Crippen LogP contribution in [0, 0.1) is 17.8 Å². The molecule has 0 amide bonds. The number of carboxylic acid groups (broad SMARTS) is 1. The first-order valence-corrected chi connectivity index (χ1v) is 8.78.